The van der Waals surface area contributed by atoms with Crippen molar-refractivity contribution in [1.82, 2.24) is 14.9 Å². The van der Waals surface area contributed by atoms with E-state index in [9.17, 15) is 4.79 Å². The number of aromatic nitrogens is 2. The minimum absolute atomic E-state index is 0.00395. The molecule has 0 aliphatic carbocycles. The van der Waals surface area contributed by atoms with Gasteiger partial charge in [0.1, 0.15) is 6.04 Å². The van der Waals surface area contributed by atoms with Gasteiger partial charge in [0.25, 0.3) is 0 Å². The standard InChI is InChI=1S/C28H33N5O2S/c1-18(2)27(34)30-22-12-11-20(16-19(22)3)33-26(25(31-28(33)36)23-9-4-5-13-29-23)24-10-6-14-32(24)17-21-8-7-15-35-21/h4-6,9-14,16,18,21,25-26H,7-8,15,17H2,1-3H3,(H,30,34)(H,31,36)/t21-,25-,26-/m0/s1. The molecule has 0 radical (unpaired) electrons. The van der Waals surface area contributed by atoms with E-state index in [2.05, 4.69) is 49.5 Å². The first kappa shape index (κ1) is 24.5. The first-order chi connectivity index (χ1) is 17.4. The van der Waals surface area contributed by atoms with Crippen LogP contribution in [0.5, 0.6) is 0 Å². The van der Waals surface area contributed by atoms with Gasteiger partial charge in [-0.05, 0) is 80.0 Å². The number of rotatable bonds is 7. The lowest BCUT2D eigenvalue weighted by molar-refractivity contribution is -0.118. The number of nitrogens with zero attached hydrogens (tertiary/aromatic N) is 3. The van der Waals surface area contributed by atoms with Crippen LogP contribution in [0.15, 0.2) is 60.9 Å². The largest absolute Gasteiger partial charge is 0.376 e. The lowest BCUT2D eigenvalue weighted by atomic mass is 10.00. The molecule has 3 atom stereocenters. The van der Waals surface area contributed by atoms with Gasteiger partial charge in [0.05, 0.1) is 17.8 Å². The van der Waals surface area contributed by atoms with Crippen molar-refractivity contribution in [3.8, 4) is 0 Å². The molecule has 2 N–H and O–H groups in total. The third-order valence-electron chi connectivity index (χ3n) is 6.96. The Morgan fingerprint density at radius 3 is 2.81 bits per heavy atom. The van der Waals surface area contributed by atoms with Crippen LogP contribution in [0, 0.1) is 12.8 Å². The highest BCUT2D eigenvalue weighted by Gasteiger charge is 2.42. The van der Waals surface area contributed by atoms with E-state index in [-0.39, 0.29) is 30.0 Å². The Morgan fingerprint density at radius 1 is 1.25 bits per heavy atom. The van der Waals surface area contributed by atoms with Crippen molar-refractivity contribution >= 4 is 34.6 Å². The number of aryl methyl sites for hydroxylation is 1. The van der Waals surface area contributed by atoms with Crippen molar-refractivity contribution < 1.29 is 9.53 Å². The summed E-state index contributed by atoms with van der Waals surface area (Å²) < 4.78 is 8.24. The molecule has 2 aromatic heterocycles. The summed E-state index contributed by atoms with van der Waals surface area (Å²) in [6, 6.07) is 16.1. The van der Waals surface area contributed by atoms with Crippen molar-refractivity contribution in [2.45, 2.75) is 58.3 Å². The van der Waals surface area contributed by atoms with E-state index in [1.807, 2.05) is 57.3 Å². The number of benzene rings is 1. The molecule has 0 saturated carbocycles. The number of carbonyl (C=O) groups excluding carboxylic acids is 1. The van der Waals surface area contributed by atoms with Crippen molar-refractivity contribution in [3.05, 3.63) is 77.9 Å². The van der Waals surface area contributed by atoms with Crippen LogP contribution < -0.4 is 15.5 Å². The van der Waals surface area contributed by atoms with Crippen LogP contribution in [0.2, 0.25) is 0 Å². The zero-order chi connectivity index (χ0) is 25.2. The van der Waals surface area contributed by atoms with Crippen LogP contribution in [0.3, 0.4) is 0 Å². The van der Waals surface area contributed by atoms with Gasteiger partial charge < -0.3 is 24.8 Å². The molecule has 2 aliphatic rings. The molecule has 2 aliphatic heterocycles. The predicted octanol–water partition coefficient (Wildman–Crippen LogP) is 5.14. The van der Waals surface area contributed by atoms with E-state index < -0.39 is 0 Å². The number of nitrogens with one attached hydrogen (secondary N) is 2. The molecule has 188 valence electrons. The minimum Gasteiger partial charge on any atom is -0.376 e. The maximum absolute atomic E-state index is 12.3. The molecular weight excluding hydrogens is 470 g/mol. The fourth-order valence-electron chi connectivity index (χ4n) is 5.02. The molecule has 7 nitrogen and oxygen atoms in total. The minimum atomic E-state index is -0.113. The summed E-state index contributed by atoms with van der Waals surface area (Å²) in [7, 11) is 0. The number of pyridine rings is 1. The molecule has 1 amide bonds. The second-order valence-electron chi connectivity index (χ2n) is 9.86. The van der Waals surface area contributed by atoms with E-state index in [4.69, 9.17) is 17.0 Å². The van der Waals surface area contributed by atoms with Crippen LogP contribution in [0.1, 0.15) is 55.7 Å². The Labute approximate surface area is 217 Å². The third-order valence-corrected chi connectivity index (χ3v) is 7.28. The lowest BCUT2D eigenvalue weighted by Crippen LogP contribution is -2.31. The fraction of sp³-hybridized carbons (Fsp3) is 0.393. The zero-order valence-corrected chi connectivity index (χ0v) is 21.8. The molecule has 2 saturated heterocycles. The van der Waals surface area contributed by atoms with Crippen molar-refractivity contribution in [1.29, 1.82) is 0 Å². The molecule has 2 fully saturated rings. The van der Waals surface area contributed by atoms with Crippen LogP contribution in [0.25, 0.3) is 0 Å². The van der Waals surface area contributed by atoms with E-state index in [1.54, 1.807) is 0 Å². The number of hydrogen-bond acceptors (Lipinski definition) is 4. The summed E-state index contributed by atoms with van der Waals surface area (Å²) in [5.74, 6) is -0.0798. The third kappa shape index (κ3) is 4.88. The van der Waals surface area contributed by atoms with Gasteiger partial charge in [-0.25, -0.2) is 0 Å². The Hall–Kier alpha value is -3.23. The Morgan fingerprint density at radius 2 is 2.11 bits per heavy atom. The number of anilines is 2. The van der Waals surface area contributed by atoms with Crippen LogP contribution in [0.4, 0.5) is 11.4 Å². The van der Waals surface area contributed by atoms with E-state index >= 15 is 0 Å². The zero-order valence-electron chi connectivity index (χ0n) is 21.0. The Balaban J connectivity index is 1.53. The molecule has 0 spiro atoms. The average Bonchev–Trinajstić information content (AvgIpc) is 3.61. The first-order valence-electron chi connectivity index (χ1n) is 12.6. The van der Waals surface area contributed by atoms with Crippen LogP contribution in [-0.2, 0) is 16.1 Å². The molecule has 8 heteroatoms. The van der Waals surface area contributed by atoms with Crippen LogP contribution >= 0.6 is 12.2 Å². The normalized spacial score (nSPS) is 21.7. The molecule has 36 heavy (non-hydrogen) atoms. The Kier molecular flexibility index (Phi) is 7.07. The van der Waals surface area contributed by atoms with Crippen molar-refractivity contribution in [2.24, 2.45) is 5.92 Å². The van der Waals surface area contributed by atoms with Crippen molar-refractivity contribution in [3.63, 3.8) is 0 Å². The second-order valence-corrected chi connectivity index (χ2v) is 10.2. The van der Waals surface area contributed by atoms with Gasteiger partial charge in [0.2, 0.25) is 5.91 Å². The van der Waals surface area contributed by atoms with Gasteiger partial charge in [0.15, 0.2) is 5.11 Å². The summed E-state index contributed by atoms with van der Waals surface area (Å²) in [6.07, 6.45) is 6.36. The average molecular weight is 504 g/mol. The molecule has 3 aromatic rings. The maximum Gasteiger partial charge on any atom is 0.226 e. The number of thiocarbonyl (C=S) groups is 1. The first-order valence-corrected chi connectivity index (χ1v) is 13.0. The van der Waals surface area contributed by atoms with Crippen LogP contribution in [-0.4, -0.2) is 33.3 Å². The summed E-state index contributed by atoms with van der Waals surface area (Å²) in [4.78, 5) is 19.1. The number of hydrogen-bond donors (Lipinski definition) is 2. The van der Waals surface area contributed by atoms with Gasteiger partial charge in [-0.15, -0.1) is 0 Å². The van der Waals surface area contributed by atoms with Gasteiger partial charge in [-0.2, -0.15) is 0 Å². The fourth-order valence-corrected chi connectivity index (χ4v) is 5.36. The van der Waals surface area contributed by atoms with E-state index in [1.165, 1.54) is 0 Å². The molecule has 0 unspecified atom stereocenters. The second kappa shape index (κ2) is 10.4. The summed E-state index contributed by atoms with van der Waals surface area (Å²) >= 11 is 5.90. The van der Waals surface area contributed by atoms with E-state index in [0.29, 0.717) is 5.11 Å². The molecule has 4 heterocycles. The lowest BCUT2D eigenvalue weighted by Gasteiger charge is -2.30. The van der Waals surface area contributed by atoms with Gasteiger partial charge >= 0.3 is 0 Å². The Bertz CT molecular complexity index is 1240. The summed E-state index contributed by atoms with van der Waals surface area (Å²) in [5, 5.41) is 7.22. The number of ether oxygens (including phenoxy) is 1. The SMILES string of the molecule is Cc1cc(N2C(=S)N[C@@H](c3ccccn3)[C@@H]2c2cccn2C[C@@H]2CCCO2)ccc1NC(=O)C(C)C. The molecular formula is C28H33N5O2S. The molecule has 1 aromatic carbocycles. The summed E-state index contributed by atoms with van der Waals surface area (Å²) in [5.41, 5.74) is 4.87. The van der Waals surface area contributed by atoms with Gasteiger partial charge in [-0.3, -0.25) is 9.78 Å². The maximum atomic E-state index is 12.3. The van der Waals surface area contributed by atoms with Crippen molar-refractivity contribution in [2.75, 3.05) is 16.8 Å². The molecule has 0 bridgehead atoms. The highest BCUT2D eigenvalue weighted by atomic mass is 32.1. The summed E-state index contributed by atoms with van der Waals surface area (Å²) in [6.45, 7) is 7.44. The van der Waals surface area contributed by atoms with Gasteiger partial charge in [-0.1, -0.05) is 19.9 Å². The monoisotopic (exact) mass is 503 g/mol. The highest BCUT2D eigenvalue weighted by molar-refractivity contribution is 7.80. The van der Waals surface area contributed by atoms with E-state index in [0.717, 1.165) is 54.3 Å². The topological polar surface area (TPSA) is 71.4 Å². The smallest absolute Gasteiger partial charge is 0.226 e. The number of amides is 1. The molecule has 5 rings (SSSR count). The van der Waals surface area contributed by atoms with Gasteiger partial charge in [0, 0.05) is 48.5 Å². The predicted molar refractivity (Wildman–Crippen MR) is 146 cm³/mol. The highest BCUT2D eigenvalue weighted by Crippen LogP contribution is 2.42. The quantitative estimate of drug-likeness (QED) is 0.435. The number of carbonyl (C=O) groups is 1.